The third-order valence-corrected chi connectivity index (χ3v) is 4.37. The Morgan fingerprint density at radius 1 is 1.09 bits per heavy atom. The molecule has 1 aromatic carbocycles. The minimum Gasteiger partial charge on any atom is -0.366 e. The molecular weight excluding hydrogens is 274 g/mol. The van der Waals surface area contributed by atoms with E-state index in [0.717, 1.165) is 18.8 Å². The summed E-state index contributed by atoms with van der Waals surface area (Å²) >= 11 is 0. The SMILES string of the molecule is Cn1nccc1C(OCCN1CCCCC1)c1ccccc1. The molecule has 1 aliphatic heterocycles. The summed E-state index contributed by atoms with van der Waals surface area (Å²) in [5.41, 5.74) is 2.29. The molecule has 0 aliphatic carbocycles. The van der Waals surface area contributed by atoms with Gasteiger partial charge in [-0.15, -0.1) is 0 Å². The molecule has 0 amide bonds. The van der Waals surface area contributed by atoms with Crippen molar-refractivity contribution >= 4 is 0 Å². The van der Waals surface area contributed by atoms with Crippen LogP contribution in [0.2, 0.25) is 0 Å². The molecule has 0 spiro atoms. The summed E-state index contributed by atoms with van der Waals surface area (Å²) in [5, 5.41) is 4.29. The lowest BCUT2D eigenvalue weighted by Gasteiger charge is -2.27. The third kappa shape index (κ3) is 3.76. The van der Waals surface area contributed by atoms with Crippen LogP contribution in [0.15, 0.2) is 42.6 Å². The van der Waals surface area contributed by atoms with Crippen LogP contribution in [0.3, 0.4) is 0 Å². The van der Waals surface area contributed by atoms with Crippen LogP contribution in [-0.4, -0.2) is 40.9 Å². The van der Waals surface area contributed by atoms with E-state index < -0.39 is 0 Å². The summed E-state index contributed by atoms with van der Waals surface area (Å²) in [4.78, 5) is 2.51. The van der Waals surface area contributed by atoms with Gasteiger partial charge in [0.2, 0.25) is 0 Å². The van der Waals surface area contributed by atoms with E-state index in [1.807, 2.05) is 30.1 Å². The van der Waals surface area contributed by atoms with Gasteiger partial charge in [0.05, 0.1) is 12.3 Å². The van der Waals surface area contributed by atoms with Gasteiger partial charge in [0.25, 0.3) is 0 Å². The van der Waals surface area contributed by atoms with Crippen LogP contribution in [0.4, 0.5) is 0 Å². The Morgan fingerprint density at radius 3 is 2.55 bits per heavy atom. The fourth-order valence-corrected chi connectivity index (χ4v) is 3.10. The van der Waals surface area contributed by atoms with Gasteiger partial charge in [-0.1, -0.05) is 36.8 Å². The molecule has 2 heterocycles. The zero-order valence-corrected chi connectivity index (χ0v) is 13.3. The number of hydrogen-bond donors (Lipinski definition) is 0. The molecule has 4 nitrogen and oxygen atoms in total. The summed E-state index contributed by atoms with van der Waals surface area (Å²) in [6, 6.07) is 12.5. The van der Waals surface area contributed by atoms with Crippen molar-refractivity contribution < 1.29 is 4.74 Å². The smallest absolute Gasteiger partial charge is 0.124 e. The van der Waals surface area contributed by atoms with E-state index in [1.165, 1.54) is 37.9 Å². The van der Waals surface area contributed by atoms with Crippen LogP contribution < -0.4 is 0 Å². The molecule has 1 aromatic heterocycles. The maximum atomic E-state index is 6.25. The van der Waals surface area contributed by atoms with Crippen LogP contribution in [-0.2, 0) is 11.8 Å². The van der Waals surface area contributed by atoms with Crippen LogP contribution in [0.25, 0.3) is 0 Å². The molecule has 2 aromatic rings. The maximum absolute atomic E-state index is 6.25. The normalized spacial score (nSPS) is 17.5. The number of aryl methyl sites for hydroxylation is 1. The molecule has 0 saturated carbocycles. The fraction of sp³-hybridized carbons (Fsp3) is 0.500. The molecule has 1 unspecified atom stereocenters. The van der Waals surface area contributed by atoms with Crippen molar-refractivity contribution in [2.24, 2.45) is 7.05 Å². The molecule has 1 aliphatic rings. The Balaban J connectivity index is 1.65. The highest BCUT2D eigenvalue weighted by Gasteiger charge is 2.18. The number of aromatic nitrogens is 2. The van der Waals surface area contributed by atoms with Crippen molar-refractivity contribution in [3.8, 4) is 0 Å². The first kappa shape index (κ1) is 15.3. The van der Waals surface area contributed by atoms with Crippen LogP contribution >= 0.6 is 0 Å². The lowest BCUT2D eigenvalue weighted by molar-refractivity contribution is 0.0516. The third-order valence-electron chi connectivity index (χ3n) is 4.37. The van der Waals surface area contributed by atoms with Crippen molar-refractivity contribution in [2.75, 3.05) is 26.2 Å². The monoisotopic (exact) mass is 299 g/mol. The first-order valence-corrected chi connectivity index (χ1v) is 8.21. The molecule has 1 atom stereocenters. The van der Waals surface area contributed by atoms with Gasteiger partial charge in [-0.3, -0.25) is 4.68 Å². The van der Waals surface area contributed by atoms with E-state index in [0.29, 0.717) is 0 Å². The zero-order valence-electron chi connectivity index (χ0n) is 13.3. The number of benzene rings is 1. The second-order valence-corrected chi connectivity index (χ2v) is 5.94. The molecule has 0 N–H and O–H groups in total. The lowest BCUT2D eigenvalue weighted by atomic mass is 10.1. The summed E-state index contributed by atoms with van der Waals surface area (Å²) in [7, 11) is 1.97. The van der Waals surface area contributed by atoms with E-state index in [-0.39, 0.29) is 6.10 Å². The average molecular weight is 299 g/mol. The Labute approximate surface area is 132 Å². The minimum atomic E-state index is -0.0431. The van der Waals surface area contributed by atoms with Crippen molar-refractivity contribution in [2.45, 2.75) is 25.4 Å². The van der Waals surface area contributed by atoms with Gasteiger partial charge < -0.3 is 9.64 Å². The van der Waals surface area contributed by atoms with Crippen molar-refractivity contribution in [3.05, 3.63) is 53.9 Å². The molecule has 0 radical (unpaired) electrons. The number of hydrogen-bond acceptors (Lipinski definition) is 3. The zero-order chi connectivity index (χ0) is 15.2. The molecule has 1 saturated heterocycles. The summed E-state index contributed by atoms with van der Waals surface area (Å²) < 4.78 is 8.15. The second-order valence-electron chi connectivity index (χ2n) is 5.94. The van der Waals surface area contributed by atoms with Gasteiger partial charge in [0, 0.05) is 19.8 Å². The highest BCUT2D eigenvalue weighted by Crippen LogP contribution is 2.25. The maximum Gasteiger partial charge on any atom is 0.124 e. The van der Waals surface area contributed by atoms with Gasteiger partial charge in [0.15, 0.2) is 0 Å². The second kappa shape index (κ2) is 7.56. The number of piperidine rings is 1. The van der Waals surface area contributed by atoms with Gasteiger partial charge >= 0.3 is 0 Å². The number of likely N-dealkylation sites (tertiary alicyclic amines) is 1. The van der Waals surface area contributed by atoms with Crippen LogP contribution in [0.1, 0.15) is 36.6 Å². The van der Waals surface area contributed by atoms with E-state index in [1.54, 1.807) is 0 Å². The summed E-state index contributed by atoms with van der Waals surface area (Å²) in [5.74, 6) is 0. The highest BCUT2D eigenvalue weighted by molar-refractivity contribution is 5.25. The van der Waals surface area contributed by atoms with Crippen molar-refractivity contribution in [3.63, 3.8) is 0 Å². The lowest BCUT2D eigenvalue weighted by Crippen LogP contribution is -2.33. The Bertz CT molecular complexity index is 561. The van der Waals surface area contributed by atoms with Gasteiger partial charge in [0.1, 0.15) is 6.10 Å². The number of nitrogens with zero attached hydrogens (tertiary/aromatic N) is 3. The first-order valence-electron chi connectivity index (χ1n) is 8.21. The number of ether oxygens (including phenoxy) is 1. The van der Waals surface area contributed by atoms with E-state index in [9.17, 15) is 0 Å². The van der Waals surface area contributed by atoms with Crippen molar-refractivity contribution in [1.29, 1.82) is 0 Å². The molecule has 4 heteroatoms. The van der Waals surface area contributed by atoms with Gasteiger partial charge in [-0.25, -0.2) is 0 Å². The van der Waals surface area contributed by atoms with E-state index in [2.05, 4.69) is 34.3 Å². The predicted molar refractivity (Wildman–Crippen MR) is 87.7 cm³/mol. The van der Waals surface area contributed by atoms with Gasteiger partial charge in [-0.2, -0.15) is 5.10 Å². The largest absolute Gasteiger partial charge is 0.366 e. The topological polar surface area (TPSA) is 30.3 Å². The molecule has 1 fully saturated rings. The fourth-order valence-electron chi connectivity index (χ4n) is 3.10. The molecule has 118 valence electrons. The Kier molecular flexibility index (Phi) is 5.24. The molecule has 22 heavy (non-hydrogen) atoms. The molecular formula is C18H25N3O. The van der Waals surface area contributed by atoms with Gasteiger partial charge in [-0.05, 0) is 37.6 Å². The highest BCUT2D eigenvalue weighted by atomic mass is 16.5. The van der Waals surface area contributed by atoms with Crippen molar-refractivity contribution in [1.82, 2.24) is 14.7 Å². The Hall–Kier alpha value is -1.65. The van der Waals surface area contributed by atoms with E-state index in [4.69, 9.17) is 4.74 Å². The minimum absolute atomic E-state index is 0.0431. The predicted octanol–water partition coefficient (Wildman–Crippen LogP) is 3.01. The van der Waals surface area contributed by atoms with E-state index >= 15 is 0 Å². The quantitative estimate of drug-likeness (QED) is 0.821. The molecule has 3 rings (SSSR count). The summed E-state index contributed by atoms with van der Waals surface area (Å²) in [6.45, 7) is 4.20. The number of rotatable bonds is 6. The first-order chi connectivity index (χ1) is 10.8. The van der Waals surface area contributed by atoms with Crippen LogP contribution in [0, 0.1) is 0 Å². The van der Waals surface area contributed by atoms with Crippen LogP contribution in [0.5, 0.6) is 0 Å². The summed E-state index contributed by atoms with van der Waals surface area (Å²) in [6.07, 6.45) is 5.81. The average Bonchev–Trinajstić information content (AvgIpc) is 2.99. The standard InChI is InChI=1S/C18H25N3O/c1-20-17(10-11-19-20)18(16-8-4-2-5-9-16)22-15-14-21-12-6-3-7-13-21/h2,4-5,8-11,18H,3,6-7,12-15H2,1H3. The molecule has 0 bridgehead atoms. The Morgan fingerprint density at radius 2 is 1.86 bits per heavy atom.